The minimum atomic E-state index is 0.0180. The third-order valence-electron chi connectivity index (χ3n) is 3.03. The summed E-state index contributed by atoms with van der Waals surface area (Å²) in [5.41, 5.74) is 0. The quantitative estimate of drug-likeness (QED) is 0.661. The SMILES string of the molecule is CCCCOCCN1CCCC(NC)C1=O. The number of amides is 1. The second-order valence-electron chi connectivity index (χ2n) is 4.27. The molecule has 0 spiro atoms. The molecule has 16 heavy (non-hydrogen) atoms. The van der Waals surface area contributed by atoms with Gasteiger partial charge in [-0.1, -0.05) is 13.3 Å². The zero-order valence-corrected chi connectivity index (χ0v) is 10.5. The van der Waals surface area contributed by atoms with Crippen LogP contribution in [-0.2, 0) is 9.53 Å². The average Bonchev–Trinajstić information content (AvgIpc) is 2.31. The van der Waals surface area contributed by atoms with Crippen molar-refractivity contribution in [3.8, 4) is 0 Å². The monoisotopic (exact) mass is 228 g/mol. The molecule has 1 amide bonds. The van der Waals surface area contributed by atoms with Crippen molar-refractivity contribution >= 4 is 5.91 Å². The Morgan fingerprint density at radius 3 is 3.00 bits per heavy atom. The van der Waals surface area contributed by atoms with Gasteiger partial charge < -0.3 is 15.0 Å². The van der Waals surface area contributed by atoms with Gasteiger partial charge in [-0.15, -0.1) is 0 Å². The Morgan fingerprint density at radius 1 is 1.50 bits per heavy atom. The fraction of sp³-hybridized carbons (Fsp3) is 0.917. The maximum absolute atomic E-state index is 11.9. The number of nitrogens with one attached hydrogen (secondary N) is 1. The number of carbonyl (C=O) groups is 1. The number of piperidine rings is 1. The molecule has 0 bridgehead atoms. The molecule has 0 radical (unpaired) electrons. The third kappa shape index (κ3) is 4.10. The predicted octanol–water partition coefficient (Wildman–Crippen LogP) is 1.01. The first kappa shape index (κ1) is 13.5. The van der Waals surface area contributed by atoms with E-state index in [2.05, 4.69) is 12.2 Å². The molecule has 1 aliphatic rings. The van der Waals surface area contributed by atoms with E-state index in [1.807, 2.05) is 11.9 Å². The summed E-state index contributed by atoms with van der Waals surface area (Å²) in [6.07, 6.45) is 4.31. The predicted molar refractivity (Wildman–Crippen MR) is 64.4 cm³/mol. The van der Waals surface area contributed by atoms with Gasteiger partial charge in [-0.25, -0.2) is 0 Å². The highest BCUT2D eigenvalue weighted by atomic mass is 16.5. The molecule has 1 N–H and O–H groups in total. The van der Waals surface area contributed by atoms with Crippen molar-refractivity contribution in [2.24, 2.45) is 0 Å². The van der Waals surface area contributed by atoms with Gasteiger partial charge >= 0.3 is 0 Å². The molecule has 0 aromatic rings. The van der Waals surface area contributed by atoms with Gasteiger partial charge in [-0.05, 0) is 26.3 Å². The fourth-order valence-electron chi connectivity index (χ4n) is 1.95. The second-order valence-corrected chi connectivity index (χ2v) is 4.27. The number of likely N-dealkylation sites (N-methyl/N-ethyl adjacent to an activating group) is 1. The molecule has 1 rings (SSSR count). The van der Waals surface area contributed by atoms with E-state index in [0.29, 0.717) is 6.61 Å². The van der Waals surface area contributed by atoms with E-state index < -0.39 is 0 Å². The van der Waals surface area contributed by atoms with Crippen LogP contribution in [-0.4, -0.2) is 50.2 Å². The molecule has 1 unspecified atom stereocenters. The van der Waals surface area contributed by atoms with Crippen LogP contribution in [0.3, 0.4) is 0 Å². The summed E-state index contributed by atoms with van der Waals surface area (Å²) in [4.78, 5) is 13.8. The Balaban J connectivity index is 2.17. The summed E-state index contributed by atoms with van der Waals surface area (Å²) < 4.78 is 5.48. The van der Waals surface area contributed by atoms with E-state index in [4.69, 9.17) is 4.74 Å². The van der Waals surface area contributed by atoms with Crippen molar-refractivity contribution in [1.29, 1.82) is 0 Å². The van der Waals surface area contributed by atoms with Gasteiger partial charge in [0, 0.05) is 19.7 Å². The van der Waals surface area contributed by atoms with Crippen molar-refractivity contribution in [3.63, 3.8) is 0 Å². The normalized spacial score (nSPS) is 21.5. The zero-order valence-electron chi connectivity index (χ0n) is 10.5. The minimum absolute atomic E-state index is 0.0180. The largest absolute Gasteiger partial charge is 0.380 e. The summed E-state index contributed by atoms with van der Waals surface area (Å²) in [5, 5.41) is 3.06. The van der Waals surface area contributed by atoms with Gasteiger partial charge in [0.2, 0.25) is 5.91 Å². The van der Waals surface area contributed by atoms with E-state index in [0.717, 1.165) is 45.4 Å². The number of unbranched alkanes of at least 4 members (excludes halogenated alkanes) is 1. The molecule has 1 saturated heterocycles. The highest BCUT2D eigenvalue weighted by Crippen LogP contribution is 2.10. The number of likely N-dealkylation sites (tertiary alicyclic amines) is 1. The van der Waals surface area contributed by atoms with Crippen LogP contribution < -0.4 is 5.32 Å². The standard InChI is InChI=1S/C12H24N2O2/c1-3-4-9-16-10-8-14-7-5-6-11(13-2)12(14)15/h11,13H,3-10H2,1-2H3. The summed E-state index contributed by atoms with van der Waals surface area (Å²) in [7, 11) is 1.85. The first-order valence-corrected chi connectivity index (χ1v) is 6.33. The molecular formula is C12H24N2O2. The van der Waals surface area contributed by atoms with E-state index in [1.54, 1.807) is 0 Å². The van der Waals surface area contributed by atoms with Crippen LogP contribution in [0, 0.1) is 0 Å². The number of ether oxygens (including phenoxy) is 1. The summed E-state index contributed by atoms with van der Waals surface area (Å²) in [5.74, 6) is 0.229. The van der Waals surface area contributed by atoms with Crippen LogP contribution in [0.5, 0.6) is 0 Å². The lowest BCUT2D eigenvalue weighted by molar-refractivity contribution is -0.136. The van der Waals surface area contributed by atoms with Gasteiger partial charge in [0.25, 0.3) is 0 Å². The van der Waals surface area contributed by atoms with Crippen LogP contribution in [0.2, 0.25) is 0 Å². The number of hydrogen-bond acceptors (Lipinski definition) is 3. The second kappa shape index (κ2) is 7.63. The summed E-state index contributed by atoms with van der Waals surface area (Å²) in [6.45, 7) is 5.25. The van der Waals surface area contributed by atoms with Crippen molar-refractivity contribution < 1.29 is 9.53 Å². The molecule has 1 heterocycles. The Kier molecular flexibility index (Phi) is 6.42. The van der Waals surface area contributed by atoms with Crippen molar-refractivity contribution in [2.45, 2.75) is 38.6 Å². The minimum Gasteiger partial charge on any atom is -0.380 e. The first-order chi connectivity index (χ1) is 7.79. The van der Waals surface area contributed by atoms with Crippen molar-refractivity contribution in [2.75, 3.05) is 33.4 Å². The Labute approximate surface area is 98.3 Å². The lowest BCUT2D eigenvalue weighted by Gasteiger charge is -2.31. The van der Waals surface area contributed by atoms with E-state index in [9.17, 15) is 4.79 Å². The van der Waals surface area contributed by atoms with E-state index in [-0.39, 0.29) is 11.9 Å². The molecule has 4 heteroatoms. The molecule has 1 aliphatic heterocycles. The Bertz CT molecular complexity index is 209. The molecule has 1 fully saturated rings. The van der Waals surface area contributed by atoms with Gasteiger partial charge in [-0.2, -0.15) is 0 Å². The molecular weight excluding hydrogens is 204 g/mol. The Hall–Kier alpha value is -0.610. The molecule has 94 valence electrons. The highest BCUT2D eigenvalue weighted by molar-refractivity contribution is 5.82. The molecule has 1 atom stereocenters. The maximum atomic E-state index is 11.9. The average molecular weight is 228 g/mol. The first-order valence-electron chi connectivity index (χ1n) is 6.33. The number of nitrogens with zero attached hydrogens (tertiary/aromatic N) is 1. The zero-order chi connectivity index (χ0) is 11.8. The number of carbonyl (C=O) groups excluding carboxylic acids is 1. The smallest absolute Gasteiger partial charge is 0.239 e. The van der Waals surface area contributed by atoms with Crippen molar-refractivity contribution in [1.82, 2.24) is 10.2 Å². The number of hydrogen-bond donors (Lipinski definition) is 1. The third-order valence-corrected chi connectivity index (χ3v) is 3.03. The van der Waals surface area contributed by atoms with Crippen LogP contribution in [0.4, 0.5) is 0 Å². The maximum Gasteiger partial charge on any atom is 0.239 e. The van der Waals surface area contributed by atoms with Gasteiger partial charge in [0.15, 0.2) is 0 Å². The van der Waals surface area contributed by atoms with Crippen LogP contribution >= 0.6 is 0 Å². The van der Waals surface area contributed by atoms with Gasteiger partial charge in [0.1, 0.15) is 0 Å². The highest BCUT2D eigenvalue weighted by Gasteiger charge is 2.26. The molecule has 4 nitrogen and oxygen atoms in total. The Morgan fingerprint density at radius 2 is 2.31 bits per heavy atom. The summed E-state index contributed by atoms with van der Waals surface area (Å²) in [6, 6.07) is 0.0180. The molecule has 0 aromatic carbocycles. The van der Waals surface area contributed by atoms with E-state index in [1.165, 1.54) is 0 Å². The molecule has 0 saturated carbocycles. The van der Waals surface area contributed by atoms with Crippen molar-refractivity contribution in [3.05, 3.63) is 0 Å². The lowest BCUT2D eigenvalue weighted by atomic mass is 10.1. The fourth-order valence-corrected chi connectivity index (χ4v) is 1.95. The summed E-state index contributed by atoms with van der Waals surface area (Å²) >= 11 is 0. The molecule has 0 aliphatic carbocycles. The topological polar surface area (TPSA) is 41.6 Å². The van der Waals surface area contributed by atoms with Crippen LogP contribution in [0.15, 0.2) is 0 Å². The van der Waals surface area contributed by atoms with Gasteiger partial charge in [-0.3, -0.25) is 4.79 Å². The number of rotatable bonds is 7. The van der Waals surface area contributed by atoms with Crippen LogP contribution in [0.1, 0.15) is 32.6 Å². The van der Waals surface area contributed by atoms with Crippen LogP contribution in [0.25, 0.3) is 0 Å². The molecule has 0 aromatic heterocycles. The van der Waals surface area contributed by atoms with Gasteiger partial charge in [0.05, 0.1) is 12.6 Å². The lowest BCUT2D eigenvalue weighted by Crippen LogP contribution is -2.50. The van der Waals surface area contributed by atoms with E-state index >= 15 is 0 Å².